The Balaban J connectivity index is 2.19. The van der Waals surface area contributed by atoms with E-state index in [1.54, 1.807) is 0 Å². The maximum Gasteiger partial charge on any atom is 0.260 e. The summed E-state index contributed by atoms with van der Waals surface area (Å²) in [7, 11) is 0. The van der Waals surface area contributed by atoms with Gasteiger partial charge in [0.25, 0.3) is 11.8 Å². The number of nitrogens with zero attached hydrogens (tertiary/aromatic N) is 3. The fourth-order valence-corrected chi connectivity index (χ4v) is 2.42. The van der Waals surface area contributed by atoms with Gasteiger partial charge in [-0.3, -0.25) is 9.59 Å². The largest absolute Gasteiger partial charge is 0.269 e. The van der Waals surface area contributed by atoms with Gasteiger partial charge in [0.15, 0.2) is 0 Å². The Morgan fingerprint density at radius 3 is 2.44 bits per heavy atom. The van der Waals surface area contributed by atoms with Gasteiger partial charge in [0.1, 0.15) is 5.01 Å². The van der Waals surface area contributed by atoms with Crippen LogP contribution in [0.1, 0.15) is 18.9 Å². The lowest BCUT2D eigenvalue weighted by molar-refractivity contribution is -0.119. The average Bonchev–Trinajstić information content (AvgIpc) is 2.73. The molecule has 84 valence electrons. The van der Waals surface area contributed by atoms with Crippen LogP contribution in [-0.4, -0.2) is 22.0 Å². The second kappa shape index (κ2) is 4.13. The van der Waals surface area contributed by atoms with Crippen molar-refractivity contribution in [1.82, 2.24) is 10.2 Å². The molecule has 6 heteroatoms. The van der Waals surface area contributed by atoms with Gasteiger partial charge in [-0.1, -0.05) is 25.2 Å². The van der Waals surface area contributed by atoms with E-state index in [2.05, 4.69) is 24.0 Å². The smallest absolute Gasteiger partial charge is 0.260 e. The SMILES string of the molecule is CC(C)Cc1nnc(N2C(=O)C=CC2=O)s1. The molecule has 0 fully saturated rings. The quantitative estimate of drug-likeness (QED) is 0.740. The molecule has 0 saturated carbocycles. The second-order valence-corrected chi connectivity index (χ2v) is 4.96. The normalized spacial score (nSPS) is 15.6. The molecule has 16 heavy (non-hydrogen) atoms. The average molecular weight is 237 g/mol. The molecule has 1 aromatic rings. The summed E-state index contributed by atoms with van der Waals surface area (Å²) in [5.74, 6) is -0.224. The summed E-state index contributed by atoms with van der Waals surface area (Å²) in [5.41, 5.74) is 0. The molecule has 5 nitrogen and oxygen atoms in total. The molecule has 2 amide bonds. The lowest BCUT2D eigenvalue weighted by Crippen LogP contribution is -2.29. The Morgan fingerprint density at radius 1 is 1.25 bits per heavy atom. The van der Waals surface area contributed by atoms with Gasteiger partial charge in [0.2, 0.25) is 5.13 Å². The molecule has 0 bridgehead atoms. The first-order chi connectivity index (χ1) is 7.58. The predicted molar refractivity (Wildman–Crippen MR) is 60.1 cm³/mol. The Morgan fingerprint density at radius 2 is 1.88 bits per heavy atom. The summed E-state index contributed by atoms with van der Waals surface area (Å²) >= 11 is 1.29. The topological polar surface area (TPSA) is 63.2 Å². The van der Waals surface area contributed by atoms with Crippen LogP contribution in [0.2, 0.25) is 0 Å². The van der Waals surface area contributed by atoms with Gasteiger partial charge in [-0.25, -0.2) is 4.90 Å². The van der Waals surface area contributed by atoms with Gasteiger partial charge < -0.3 is 0 Å². The minimum atomic E-state index is -0.350. The van der Waals surface area contributed by atoms with Gasteiger partial charge in [-0.15, -0.1) is 10.2 Å². The van der Waals surface area contributed by atoms with Gasteiger partial charge in [0.05, 0.1) is 0 Å². The van der Waals surface area contributed by atoms with Crippen LogP contribution in [0.4, 0.5) is 5.13 Å². The summed E-state index contributed by atoms with van der Waals surface area (Å²) in [6.45, 7) is 4.16. The van der Waals surface area contributed by atoms with Crippen molar-refractivity contribution >= 4 is 28.3 Å². The number of carbonyl (C=O) groups is 2. The summed E-state index contributed by atoms with van der Waals surface area (Å²) < 4.78 is 0. The Kier molecular flexibility index (Phi) is 2.82. The first-order valence-corrected chi connectivity index (χ1v) is 5.78. The highest BCUT2D eigenvalue weighted by Gasteiger charge is 2.28. The lowest BCUT2D eigenvalue weighted by atomic mass is 10.1. The first kappa shape index (κ1) is 10.9. The summed E-state index contributed by atoms with van der Waals surface area (Å²) in [6, 6.07) is 0. The molecule has 0 aliphatic carbocycles. The van der Waals surface area contributed by atoms with E-state index in [-0.39, 0.29) is 11.8 Å². The van der Waals surface area contributed by atoms with E-state index >= 15 is 0 Å². The van der Waals surface area contributed by atoms with Crippen molar-refractivity contribution in [2.24, 2.45) is 5.92 Å². The van der Waals surface area contributed by atoms with Crippen LogP contribution < -0.4 is 4.90 Å². The molecule has 0 saturated heterocycles. The van der Waals surface area contributed by atoms with E-state index in [9.17, 15) is 9.59 Å². The van der Waals surface area contributed by atoms with Gasteiger partial charge in [0, 0.05) is 18.6 Å². The third-order valence-electron chi connectivity index (χ3n) is 2.04. The highest BCUT2D eigenvalue weighted by atomic mass is 32.1. The van der Waals surface area contributed by atoms with E-state index in [4.69, 9.17) is 0 Å². The Hall–Kier alpha value is -1.56. The van der Waals surface area contributed by atoms with E-state index in [0.717, 1.165) is 16.3 Å². The van der Waals surface area contributed by atoms with Crippen LogP contribution >= 0.6 is 11.3 Å². The number of aromatic nitrogens is 2. The molecule has 0 spiro atoms. The zero-order valence-electron chi connectivity index (χ0n) is 9.01. The maximum atomic E-state index is 11.4. The minimum Gasteiger partial charge on any atom is -0.269 e. The number of hydrogen-bond acceptors (Lipinski definition) is 5. The second-order valence-electron chi connectivity index (χ2n) is 3.92. The van der Waals surface area contributed by atoms with Crippen molar-refractivity contribution < 1.29 is 9.59 Å². The third kappa shape index (κ3) is 2.01. The Labute approximate surface area is 96.8 Å². The molecule has 0 N–H and O–H groups in total. The fourth-order valence-electron chi connectivity index (χ4n) is 1.36. The number of hydrogen-bond donors (Lipinski definition) is 0. The molecular weight excluding hydrogens is 226 g/mol. The first-order valence-electron chi connectivity index (χ1n) is 4.96. The molecule has 0 atom stereocenters. The van der Waals surface area contributed by atoms with Crippen LogP contribution in [0.25, 0.3) is 0 Å². The number of rotatable bonds is 3. The van der Waals surface area contributed by atoms with Crippen LogP contribution in [-0.2, 0) is 16.0 Å². The molecule has 1 aromatic heterocycles. The minimum absolute atomic E-state index is 0.350. The molecular formula is C10H11N3O2S. The van der Waals surface area contributed by atoms with Gasteiger partial charge in [-0.05, 0) is 5.92 Å². The lowest BCUT2D eigenvalue weighted by Gasteiger charge is -2.07. The molecule has 2 heterocycles. The van der Waals surface area contributed by atoms with Crippen molar-refractivity contribution in [3.63, 3.8) is 0 Å². The maximum absolute atomic E-state index is 11.4. The molecule has 1 aliphatic heterocycles. The van der Waals surface area contributed by atoms with E-state index in [1.807, 2.05) is 0 Å². The third-order valence-corrected chi connectivity index (χ3v) is 2.97. The zero-order chi connectivity index (χ0) is 11.7. The van der Waals surface area contributed by atoms with Crippen molar-refractivity contribution in [1.29, 1.82) is 0 Å². The van der Waals surface area contributed by atoms with Crippen molar-refractivity contribution in [2.75, 3.05) is 4.90 Å². The number of amides is 2. The number of carbonyl (C=O) groups excluding carboxylic acids is 2. The van der Waals surface area contributed by atoms with Crippen LogP contribution in [0.5, 0.6) is 0 Å². The zero-order valence-corrected chi connectivity index (χ0v) is 9.82. The van der Waals surface area contributed by atoms with Crippen molar-refractivity contribution in [3.8, 4) is 0 Å². The van der Waals surface area contributed by atoms with Crippen LogP contribution in [0, 0.1) is 5.92 Å². The molecule has 2 rings (SSSR count). The van der Waals surface area contributed by atoms with Crippen molar-refractivity contribution in [3.05, 3.63) is 17.2 Å². The fraction of sp³-hybridized carbons (Fsp3) is 0.400. The van der Waals surface area contributed by atoms with E-state index in [0.29, 0.717) is 11.0 Å². The molecule has 0 aromatic carbocycles. The van der Waals surface area contributed by atoms with Crippen LogP contribution in [0.15, 0.2) is 12.2 Å². The molecule has 0 radical (unpaired) electrons. The predicted octanol–water partition coefficient (Wildman–Crippen LogP) is 1.17. The van der Waals surface area contributed by atoms with Crippen molar-refractivity contribution in [2.45, 2.75) is 20.3 Å². The van der Waals surface area contributed by atoms with E-state index in [1.165, 1.54) is 23.5 Å². The monoisotopic (exact) mass is 237 g/mol. The summed E-state index contributed by atoms with van der Waals surface area (Å²) in [4.78, 5) is 23.8. The van der Waals surface area contributed by atoms with Crippen LogP contribution in [0.3, 0.4) is 0 Å². The highest BCUT2D eigenvalue weighted by molar-refractivity contribution is 7.15. The Bertz CT molecular complexity index is 446. The molecule has 1 aliphatic rings. The van der Waals surface area contributed by atoms with E-state index < -0.39 is 0 Å². The highest BCUT2D eigenvalue weighted by Crippen LogP contribution is 2.24. The van der Waals surface area contributed by atoms with Gasteiger partial charge in [-0.2, -0.15) is 0 Å². The standard InChI is InChI=1S/C10H11N3O2S/c1-6(2)5-7-11-12-10(16-7)13-8(14)3-4-9(13)15/h3-4,6H,5H2,1-2H3. The summed E-state index contributed by atoms with van der Waals surface area (Å²) in [5, 5.41) is 9.03. The number of imide groups is 1. The van der Waals surface area contributed by atoms with Gasteiger partial charge >= 0.3 is 0 Å². The molecule has 0 unspecified atom stereocenters. The number of anilines is 1. The summed E-state index contributed by atoms with van der Waals surface area (Å²) in [6.07, 6.45) is 3.29.